The number of fused-ring (bicyclic) bond motifs is 3. The Morgan fingerprint density at radius 3 is 2.42 bits per heavy atom. The van der Waals surface area contributed by atoms with Gasteiger partial charge in [0.1, 0.15) is 22.8 Å². The fourth-order valence-corrected chi connectivity index (χ4v) is 5.68. The van der Waals surface area contributed by atoms with Gasteiger partial charge in [-0.05, 0) is 47.8 Å². The number of rotatable bonds is 3. The van der Waals surface area contributed by atoms with Gasteiger partial charge < -0.3 is 26.2 Å². The highest BCUT2D eigenvalue weighted by Crippen LogP contribution is 2.53. The quantitative estimate of drug-likeness (QED) is 0.320. The van der Waals surface area contributed by atoms with E-state index in [9.17, 15) is 34.8 Å². The minimum atomic E-state index is -2.57. The van der Waals surface area contributed by atoms with Crippen molar-refractivity contribution >= 4 is 23.2 Å². The third-order valence-corrected chi connectivity index (χ3v) is 7.45. The summed E-state index contributed by atoms with van der Waals surface area (Å²) >= 11 is 0. The molecule has 0 heterocycles. The second-order valence-corrected chi connectivity index (χ2v) is 10.7. The number of carbonyl (C=O) groups is 3. The molecule has 6 N–H and O–H groups in total. The number of benzene rings is 1. The maximum Gasteiger partial charge on any atom is 0.255 e. The van der Waals surface area contributed by atoms with Gasteiger partial charge in [0.15, 0.2) is 11.4 Å². The van der Waals surface area contributed by atoms with E-state index in [0.717, 1.165) is 5.56 Å². The van der Waals surface area contributed by atoms with E-state index in [1.54, 1.807) is 0 Å². The summed E-state index contributed by atoms with van der Waals surface area (Å²) in [7, 11) is 0. The first-order chi connectivity index (χ1) is 16.8. The number of phenolic OH excluding ortho intramolecular Hbond substituents is 1. The number of hydrogen-bond acceptors (Lipinski definition) is 7. The van der Waals surface area contributed by atoms with Crippen LogP contribution in [0.5, 0.6) is 5.75 Å². The number of phenols is 1. The molecule has 36 heavy (non-hydrogen) atoms. The Bertz CT molecular complexity index is 1320. The highest BCUT2D eigenvalue weighted by molar-refractivity contribution is 6.22. The second kappa shape index (κ2) is 8.82. The summed E-state index contributed by atoms with van der Waals surface area (Å²) in [6.45, 7) is 8.01. The lowest BCUT2D eigenvalue weighted by atomic mass is 9.59. The van der Waals surface area contributed by atoms with E-state index >= 15 is 0 Å². The van der Waals surface area contributed by atoms with Gasteiger partial charge in [-0.15, -0.1) is 0 Å². The molecule has 4 rings (SSSR count). The predicted molar refractivity (Wildman–Crippen MR) is 132 cm³/mol. The Balaban J connectivity index is 1.94. The van der Waals surface area contributed by atoms with E-state index in [4.69, 9.17) is 5.73 Å². The normalized spacial score (nSPS) is 25.4. The molecule has 0 bridgehead atoms. The van der Waals surface area contributed by atoms with Crippen LogP contribution in [0.1, 0.15) is 75.1 Å². The van der Waals surface area contributed by atoms with Crippen molar-refractivity contribution in [3.63, 3.8) is 0 Å². The first-order valence-corrected chi connectivity index (χ1v) is 12.2. The zero-order valence-electron chi connectivity index (χ0n) is 20.8. The maximum atomic E-state index is 13.6. The first-order valence-electron chi connectivity index (χ1n) is 12.2. The summed E-state index contributed by atoms with van der Waals surface area (Å²) in [5.41, 5.74) is 3.67. The number of amides is 1. The predicted octanol–water partition coefficient (Wildman–Crippen LogP) is 2.94. The number of hydrogen-bond donors (Lipinski definition) is 5. The molecular weight excluding hydrogens is 462 g/mol. The largest absolute Gasteiger partial charge is 0.508 e. The summed E-state index contributed by atoms with van der Waals surface area (Å²) in [6.07, 6.45) is 0.670. The molecule has 0 unspecified atom stereocenters. The number of aliphatic hydroxyl groups is 3. The molecule has 1 aromatic rings. The Hall–Kier alpha value is -3.57. The highest BCUT2D eigenvalue weighted by Gasteiger charge is 2.60. The van der Waals surface area contributed by atoms with Gasteiger partial charge in [0, 0.05) is 24.3 Å². The van der Waals surface area contributed by atoms with E-state index < -0.39 is 52.0 Å². The van der Waals surface area contributed by atoms with Gasteiger partial charge in [0.05, 0.1) is 11.1 Å². The lowest BCUT2D eigenvalue weighted by Gasteiger charge is -2.46. The molecule has 3 aliphatic rings. The molecule has 1 amide bonds. The van der Waals surface area contributed by atoms with E-state index in [-0.39, 0.29) is 42.1 Å². The van der Waals surface area contributed by atoms with Crippen LogP contribution in [0, 0.1) is 29.6 Å². The number of nitrogens with two attached hydrogens (primary N) is 1. The standard InChI is InChI=1S/C28H31NO7/c1-12(2)6-5-7-14-9-17(13(3)4)18-10-15-8-16-11-19(30)22(27(29)35)26(34)28(16,36)25(33)20(15)24(32)21(18)23(14)31/h9,12-13,15-16,31-32,34,36H,6,8,10-11H2,1-4H3,(H2,29,35)/t15-,16+,28+/m1/s1. The SMILES string of the molecule is CC(C)CC#Cc1cc(C(C)C)c2c(c1O)C(O)=C1C(=O)[C@]3(O)C(O)=C(C(N)=O)C(=O)C[C@@H]3C[C@@H]1C2. The van der Waals surface area contributed by atoms with Crippen molar-refractivity contribution in [3.8, 4) is 17.6 Å². The van der Waals surface area contributed by atoms with Crippen LogP contribution in [0.2, 0.25) is 0 Å². The summed E-state index contributed by atoms with van der Waals surface area (Å²) in [5, 5.41) is 44.5. The average Bonchev–Trinajstić information content (AvgIpc) is 2.77. The average molecular weight is 494 g/mol. The molecule has 0 radical (unpaired) electrons. The Labute approximate surface area is 209 Å². The van der Waals surface area contributed by atoms with Crippen LogP contribution in [-0.2, 0) is 20.8 Å². The Kier molecular flexibility index (Phi) is 6.26. The van der Waals surface area contributed by atoms with Crippen LogP contribution in [0.15, 0.2) is 23.0 Å². The fraction of sp³-hybridized carbons (Fsp3) is 0.464. The van der Waals surface area contributed by atoms with Gasteiger partial charge in [0.2, 0.25) is 5.78 Å². The third-order valence-electron chi connectivity index (χ3n) is 7.45. The second-order valence-electron chi connectivity index (χ2n) is 10.7. The number of carbonyl (C=O) groups excluding carboxylic acids is 3. The van der Waals surface area contributed by atoms with Crippen molar-refractivity contribution in [1.82, 2.24) is 0 Å². The molecule has 190 valence electrons. The van der Waals surface area contributed by atoms with Crippen molar-refractivity contribution in [1.29, 1.82) is 0 Å². The van der Waals surface area contributed by atoms with Crippen LogP contribution in [0.4, 0.5) is 0 Å². The summed E-state index contributed by atoms with van der Waals surface area (Å²) in [4.78, 5) is 37.9. The lowest BCUT2D eigenvalue weighted by molar-refractivity contribution is -0.147. The van der Waals surface area contributed by atoms with Crippen molar-refractivity contribution in [2.45, 2.75) is 64.9 Å². The zero-order valence-corrected chi connectivity index (χ0v) is 20.8. The van der Waals surface area contributed by atoms with Crippen LogP contribution >= 0.6 is 0 Å². The Morgan fingerprint density at radius 2 is 1.83 bits per heavy atom. The summed E-state index contributed by atoms with van der Waals surface area (Å²) < 4.78 is 0. The minimum Gasteiger partial charge on any atom is -0.508 e. The molecule has 3 atom stereocenters. The molecule has 8 nitrogen and oxygen atoms in total. The summed E-state index contributed by atoms with van der Waals surface area (Å²) in [5.74, 6) is 0.0208. The number of primary amides is 1. The fourth-order valence-electron chi connectivity index (χ4n) is 5.68. The molecule has 8 heteroatoms. The van der Waals surface area contributed by atoms with E-state index in [0.29, 0.717) is 23.5 Å². The van der Waals surface area contributed by atoms with Crippen LogP contribution < -0.4 is 5.73 Å². The first kappa shape index (κ1) is 25.5. The number of ketones is 2. The number of aromatic hydroxyl groups is 1. The topological polar surface area (TPSA) is 158 Å². The monoisotopic (exact) mass is 493 g/mol. The molecule has 1 fully saturated rings. The van der Waals surface area contributed by atoms with Gasteiger partial charge in [-0.3, -0.25) is 14.4 Å². The molecule has 0 spiro atoms. The maximum absolute atomic E-state index is 13.6. The van der Waals surface area contributed by atoms with Crippen molar-refractivity contribution in [3.05, 3.63) is 45.2 Å². The molecule has 0 saturated heterocycles. The third kappa shape index (κ3) is 3.70. The Morgan fingerprint density at radius 1 is 1.17 bits per heavy atom. The highest BCUT2D eigenvalue weighted by atomic mass is 16.3. The van der Waals surface area contributed by atoms with E-state index in [2.05, 4.69) is 11.8 Å². The van der Waals surface area contributed by atoms with Gasteiger partial charge >= 0.3 is 0 Å². The van der Waals surface area contributed by atoms with Gasteiger partial charge in [0.25, 0.3) is 5.91 Å². The lowest BCUT2D eigenvalue weighted by Crippen LogP contribution is -2.58. The van der Waals surface area contributed by atoms with Crippen molar-refractivity contribution in [2.75, 3.05) is 0 Å². The van der Waals surface area contributed by atoms with Crippen LogP contribution in [0.3, 0.4) is 0 Å². The van der Waals surface area contributed by atoms with Crippen molar-refractivity contribution in [2.24, 2.45) is 23.5 Å². The van der Waals surface area contributed by atoms with Crippen molar-refractivity contribution < 1.29 is 34.8 Å². The number of aliphatic hydroxyl groups excluding tert-OH is 2. The molecular formula is C28H31NO7. The zero-order chi connectivity index (χ0) is 26.7. The molecule has 1 saturated carbocycles. The van der Waals surface area contributed by atoms with Gasteiger partial charge in [-0.2, -0.15) is 0 Å². The van der Waals surface area contributed by atoms with Gasteiger partial charge in [-0.25, -0.2) is 0 Å². The van der Waals surface area contributed by atoms with Crippen LogP contribution in [0.25, 0.3) is 5.76 Å². The smallest absolute Gasteiger partial charge is 0.255 e. The molecule has 1 aromatic carbocycles. The van der Waals surface area contributed by atoms with Gasteiger partial charge in [-0.1, -0.05) is 39.5 Å². The molecule has 0 aromatic heterocycles. The summed E-state index contributed by atoms with van der Waals surface area (Å²) in [6, 6.07) is 1.81. The number of Topliss-reactive ketones (excluding diaryl/α,β-unsaturated/α-hetero) is 2. The molecule has 3 aliphatic carbocycles. The van der Waals surface area contributed by atoms with E-state index in [1.807, 2.05) is 33.8 Å². The van der Waals surface area contributed by atoms with E-state index in [1.165, 1.54) is 0 Å². The minimum absolute atomic E-state index is 0.0249. The van der Waals surface area contributed by atoms with Crippen LogP contribution in [-0.4, -0.2) is 43.5 Å². The molecule has 0 aliphatic heterocycles.